The molecule has 1 atom stereocenters. The van der Waals surface area contributed by atoms with Crippen LogP contribution in [0.1, 0.15) is 46.0 Å². The van der Waals surface area contributed by atoms with Gasteiger partial charge in [-0.2, -0.15) is 0 Å². The van der Waals surface area contributed by atoms with E-state index in [1.165, 1.54) is 0 Å². The predicted molar refractivity (Wildman–Crippen MR) is 130 cm³/mol. The number of rotatable bonds is 8. The summed E-state index contributed by atoms with van der Waals surface area (Å²) in [5.41, 5.74) is 3.40. The van der Waals surface area contributed by atoms with Gasteiger partial charge in [0.15, 0.2) is 6.10 Å². The number of amides is 1. The van der Waals surface area contributed by atoms with E-state index in [0.29, 0.717) is 21.8 Å². The Morgan fingerprint density at radius 3 is 2.30 bits per heavy atom. The molecule has 1 amide bonds. The van der Waals surface area contributed by atoms with E-state index in [1.54, 1.807) is 54.6 Å². The van der Waals surface area contributed by atoms with Crippen LogP contribution in [0.15, 0.2) is 66.7 Å². The number of ether oxygens (including phenoxy) is 1. The van der Waals surface area contributed by atoms with Crippen LogP contribution in [0.5, 0.6) is 0 Å². The number of ketones is 1. The summed E-state index contributed by atoms with van der Waals surface area (Å²) in [6.45, 7) is 3.88. The first-order valence-electron chi connectivity index (χ1n) is 10.4. The summed E-state index contributed by atoms with van der Waals surface area (Å²) in [6, 6.07) is 19.0. The van der Waals surface area contributed by atoms with Crippen LogP contribution in [0.2, 0.25) is 10.0 Å². The minimum atomic E-state index is -1.11. The fraction of sp³-hybridized carbons (Fsp3) is 0.192. The smallest absolute Gasteiger partial charge is 0.307 e. The molecule has 7 heteroatoms. The Morgan fingerprint density at radius 1 is 0.879 bits per heavy atom. The van der Waals surface area contributed by atoms with E-state index in [9.17, 15) is 14.4 Å². The molecule has 3 aromatic carbocycles. The molecule has 0 saturated carbocycles. The molecule has 0 bridgehead atoms. The standard InChI is InChI=1S/C26H23Cl2NO4/c1-16-11-12-19(15-17(16)2)25(32)26(18-7-4-3-5-8-18)33-23(31)14-13-22(30)29-21-10-6-9-20(27)24(21)28/h3-12,15,26H,13-14H2,1-2H3,(H,29,30)/t26-/m1/s1. The number of aryl methyl sites for hydroxylation is 2. The van der Waals surface area contributed by atoms with E-state index in [4.69, 9.17) is 27.9 Å². The lowest BCUT2D eigenvalue weighted by atomic mass is 9.97. The van der Waals surface area contributed by atoms with Gasteiger partial charge in [0.05, 0.1) is 22.2 Å². The lowest BCUT2D eigenvalue weighted by Gasteiger charge is -2.18. The summed E-state index contributed by atoms with van der Waals surface area (Å²) in [7, 11) is 0. The van der Waals surface area contributed by atoms with Crippen molar-refractivity contribution in [3.05, 3.63) is 99.0 Å². The highest BCUT2D eigenvalue weighted by Crippen LogP contribution is 2.30. The van der Waals surface area contributed by atoms with Crippen molar-refractivity contribution < 1.29 is 19.1 Å². The van der Waals surface area contributed by atoms with E-state index in [-0.39, 0.29) is 23.6 Å². The molecule has 0 unspecified atom stereocenters. The number of anilines is 1. The van der Waals surface area contributed by atoms with Crippen LogP contribution in [0, 0.1) is 13.8 Å². The highest BCUT2D eigenvalue weighted by molar-refractivity contribution is 6.44. The maximum atomic E-state index is 13.2. The first-order chi connectivity index (χ1) is 15.8. The van der Waals surface area contributed by atoms with Crippen molar-refractivity contribution >= 4 is 46.5 Å². The van der Waals surface area contributed by atoms with Crippen LogP contribution in [-0.2, 0) is 14.3 Å². The van der Waals surface area contributed by atoms with Crippen molar-refractivity contribution in [3.8, 4) is 0 Å². The lowest BCUT2D eigenvalue weighted by Crippen LogP contribution is -2.21. The summed E-state index contributed by atoms with van der Waals surface area (Å²) in [5.74, 6) is -1.41. The number of carbonyl (C=O) groups excluding carboxylic acids is 3. The Bertz CT molecular complexity index is 1180. The summed E-state index contributed by atoms with van der Waals surface area (Å²) in [4.78, 5) is 38.0. The third-order valence-electron chi connectivity index (χ3n) is 5.16. The molecule has 0 aliphatic carbocycles. The van der Waals surface area contributed by atoms with E-state index in [2.05, 4.69) is 5.32 Å². The number of Topliss-reactive ketones (excluding diaryl/α,β-unsaturated/α-hetero) is 1. The second-order valence-corrected chi connectivity index (χ2v) is 8.38. The number of benzene rings is 3. The number of esters is 1. The van der Waals surface area contributed by atoms with Gasteiger partial charge in [-0.1, -0.05) is 71.7 Å². The van der Waals surface area contributed by atoms with Crippen molar-refractivity contribution in [2.45, 2.75) is 32.8 Å². The van der Waals surface area contributed by atoms with E-state index >= 15 is 0 Å². The Labute approximate surface area is 202 Å². The van der Waals surface area contributed by atoms with Crippen molar-refractivity contribution in [3.63, 3.8) is 0 Å². The minimum Gasteiger partial charge on any atom is -0.449 e. The number of nitrogens with one attached hydrogen (secondary N) is 1. The molecule has 170 valence electrons. The fourth-order valence-corrected chi connectivity index (χ4v) is 3.51. The summed E-state index contributed by atoms with van der Waals surface area (Å²) in [6.07, 6.45) is -1.44. The molecule has 0 aromatic heterocycles. The van der Waals surface area contributed by atoms with E-state index < -0.39 is 18.0 Å². The Kier molecular flexibility index (Phi) is 8.26. The molecule has 0 spiro atoms. The van der Waals surface area contributed by atoms with Gasteiger partial charge in [0.25, 0.3) is 0 Å². The van der Waals surface area contributed by atoms with Gasteiger partial charge in [0.1, 0.15) is 0 Å². The quantitative estimate of drug-likeness (QED) is 0.293. The zero-order valence-electron chi connectivity index (χ0n) is 18.2. The molecule has 0 saturated heterocycles. The maximum absolute atomic E-state index is 13.2. The van der Waals surface area contributed by atoms with Crippen molar-refractivity contribution in [1.29, 1.82) is 0 Å². The fourth-order valence-electron chi connectivity index (χ4n) is 3.17. The molecule has 1 N–H and O–H groups in total. The Morgan fingerprint density at radius 2 is 1.61 bits per heavy atom. The second kappa shape index (κ2) is 11.1. The molecular formula is C26H23Cl2NO4. The van der Waals surface area contributed by atoms with Crippen molar-refractivity contribution in [2.24, 2.45) is 0 Å². The van der Waals surface area contributed by atoms with Crippen LogP contribution < -0.4 is 5.32 Å². The van der Waals surface area contributed by atoms with Gasteiger partial charge in [-0.05, 0) is 43.2 Å². The SMILES string of the molecule is Cc1ccc(C(=O)[C@H](OC(=O)CCC(=O)Nc2cccc(Cl)c2Cl)c2ccccc2)cc1C. The first kappa shape index (κ1) is 24.5. The van der Waals surface area contributed by atoms with E-state index in [0.717, 1.165) is 11.1 Å². The highest BCUT2D eigenvalue weighted by atomic mass is 35.5. The van der Waals surface area contributed by atoms with Gasteiger partial charge < -0.3 is 10.1 Å². The maximum Gasteiger partial charge on any atom is 0.307 e. The summed E-state index contributed by atoms with van der Waals surface area (Å²) in [5, 5.41) is 3.15. The molecule has 3 aromatic rings. The zero-order valence-corrected chi connectivity index (χ0v) is 19.7. The first-order valence-corrected chi connectivity index (χ1v) is 11.1. The number of carbonyl (C=O) groups is 3. The molecule has 0 radical (unpaired) electrons. The predicted octanol–water partition coefficient (Wildman–Crippen LogP) is 6.50. The van der Waals surface area contributed by atoms with Crippen molar-refractivity contribution in [2.75, 3.05) is 5.32 Å². The van der Waals surface area contributed by atoms with Crippen LogP contribution in [0.3, 0.4) is 0 Å². The molecule has 3 rings (SSSR count). The minimum absolute atomic E-state index is 0.138. The van der Waals surface area contributed by atoms with Crippen LogP contribution >= 0.6 is 23.2 Å². The van der Waals surface area contributed by atoms with Gasteiger partial charge in [0, 0.05) is 17.5 Å². The molecule has 0 fully saturated rings. The highest BCUT2D eigenvalue weighted by Gasteiger charge is 2.26. The molecule has 0 aliphatic rings. The average molecular weight is 484 g/mol. The van der Waals surface area contributed by atoms with Gasteiger partial charge in [-0.25, -0.2) is 0 Å². The third kappa shape index (κ3) is 6.44. The van der Waals surface area contributed by atoms with E-state index in [1.807, 2.05) is 26.0 Å². The van der Waals surface area contributed by atoms with Gasteiger partial charge in [-0.3, -0.25) is 14.4 Å². The normalized spacial score (nSPS) is 11.5. The van der Waals surface area contributed by atoms with Crippen LogP contribution in [0.4, 0.5) is 5.69 Å². The molecule has 0 heterocycles. The largest absolute Gasteiger partial charge is 0.449 e. The van der Waals surface area contributed by atoms with Gasteiger partial charge in [0.2, 0.25) is 11.7 Å². The summed E-state index contributed by atoms with van der Waals surface area (Å²) < 4.78 is 5.55. The molecule has 33 heavy (non-hydrogen) atoms. The number of hydrogen-bond donors (Lipinski definition) is 1. The van der Waals surface area contributed by atoms with Gasteiger partial charge >= 0.3 is 5.97 Å². The zero-order chi connectivity index (χ0) is 24.0. The third-order valence-corrected chi connectivity index (χ3v) is 5.98. The summed E-state index contributed by atoms with van der Waals surface area (Å²) >= 11 is 12.0. The van der Waals surface area contributed by atoms with Crippen LogP contribution in [0.25, 0.3) is 0 Å². The molecule has 5 nitrogen and oxygen atoms in total. The topological polar surface area (TPSA) is 72.5 Å². The Balaban J connectivity index is 1.69. The average Bonchev–Trinajstić information content (AvgIpc) is 2.81. The number of halogens is 2. The molecular weight excluding hydrogens is 461 g/mol. The Hall–Kier alpha value is -3.15. The van der Waals surface area contributed by atoms with Crippen molar-refractivity contribution in [1.82, 2.24) is 0 Å². The molecule has 0 aliphatic heterocycles. The number of hydrogen-bond acceptors (Lipinski definition) is 4. The monoisotopic (exact) mass is 483 g/mol. The van der Waals surface area contributed by atoms with Gasteiger partial charge in [-0.15, -0.1) is 0 Å². The second-order valence-electron chi connectivity index (χ2n) is 7.59. The van der Waals surface area contributed by atoms with Crippen LogP contribution in [-0.4, -0.2) is 17.7 Å². The lowest BCUT2D eigenvalue weighted by molar-refractivity contribution is -0.148.